The number of hydrogen-bond donors (Lipinski definition) is 0. The molecule has 0 fully saturated rings. The first kappa shape index (κ1) is 14.2. The third-order valence-electron chi connectivity index (χ3n) is 2.28. The Morgan fingerprint density at radius 2 is 1.67 bits per heavy atom. The van der Waals surface area contributed by atoms with Crippen LogP contribution in [0.4, 0.5) is 4.39 Å². The van der Waals surface area contributed by atoms with E-state index in [1.165, 1.54) is 30.5 Å². The Kier molecular flexibility index (Phi) is 7.98. The summed E-state index contributed by atoms with van der Waals surface area (Å²) in [5.74, 6) is 0.558. The van der Waals surface area contributed by atoms with Gasteiger partial charge in [-0.3, -0.25) is 0 Å². The van der Waals surface area contributed by atoms with Gasteiger partial charge in [0.15, 0.2) is 0 Å². The molecule has 0 spiro atoms. The monoisotopic (exact) mass is 210 g/mol. The van der Waals surface area contributed by atoms with Crippen molar-refractivity contribution in [3.05, 3.63) is 35.6 Å². The van der Waals surface area contributed by atoms with Crippen LogP contribution >= 0.6 is 0 Å². The molecule has 0 N–H and O–H groups in total. The molecule has 0 aliphatic heterocycles. The van der Waals surface area contributed by atoms with Crippen molar-refractivity contribution in [3.8, 4) is 0 Å². The predicted molar refractivity (Wildman–Crippen MR) is 65.5 cm³/mol. The van der Waals surface area contributed by atoms with E-state index in [-0.39, 0.29) is 5.82 Å². The van der Waals surface area contributed by atoms with Crippen LogP contribution in [0.3, 0.4) is 0 Å². The summed E-state index contributed by atoms with van der Waals surface area (Å²) < 4.78 is 12.6. The van der Waals surface area contributed by atoms with E-state index in [2.05, 4.69) is 13.8 Å². The molecule has 1 heteroatoms. The highest BCUT2D eigenvalue weighted by molar-refractivity contribution is 5.16. The lowest BCUT2D eigenvalue weighted by molar-refractivity contribution is 0.521. The number of halogens is 1. The van der Waals surface area contributed by atoms with Crippen molar-refractivity contribution in [1.29, 1.82) is 0 Å². The molecule has 1 aromatic rings. The fourth-order valence-electron chi connectivity index (χ4n) is 1.62. The second-order valence-corrected chi connectivity index (χ2v) is 3.72. The Labute approximate surface area is 93.5 Å². The van der Waals surface area contributed by atoms with Crippen LogP contribution in [0.15, 0.2) is 24.3 Å². The highest BCUT2D eigenvalue weighted by Crippen LogP contribution is 2.13. The van der Waals surface area contributed by atoms with Crippen molar-refractivity contribution in [1.82, 2.24) is 0 Å². The van der Waals surface area contributed by atoms with Gasteiger partial charge in [-0.1, -0.05) is 52.7 Å². The van der Waals surface area contributed by atoms with Crippen LogP contribution in [0.1, 0.15) is 46.1 Å². The first-order chi connectivity index (χ1) is 7.22. The summed E-state index contributed by atoms with van der Waals surface area (Å²) in [6.45, 7) is 8.44. The molecule has 1 atom stereocenters. The predicted octanol–water partition coefficient (Wildman–Crippen LogP) is 4.83. The van der Waals surface area contributed by atoms with Crippen LogP contribution < -0.4 is 0 Å². The summed E-state index contributed by atoms with van der Waals surface area (Å²) in [4.78, 5) is 0. The molecule has 1 rings (SSSR count). The van der Waals surface area contributed by atoms with E-state index in [0.29, 0.717) is 5.92 Å². The maximum absolute atomic E-state index is 12.6. The van der Waals surface area contributed by atoms with E-state index in [4.69, 9.17) is 0 Å². The quantitative estimate of drug-likeness (QED) is 0.667. The van der Waals surface area contributed by atoms with Gasteiger partial charge >= 0.3 is 0 Å². The van der Waals surface area contributed by atoms with Gasteiger partial charge in [0.05, 0.1) is 0 Å². The van der Waals surface area contributed by atoms with Crippen LogP contribution in [-0.4, -0.2) is 0 Å². The lowest BCUT2D eigenvalue weighted by Crippen LogP contribution is -1.98. The number of benzene rings is 1. The number of rotatable bonds is 4. The molecule has 0 aliphatic carbocycles. The minimum absolute atomic E-state index is 0.146. The van der Waals surface area contributed by atoms with E-state index in [9.17, 15) is 4.39 Å². The smallest absolute Gasteiger partial charge is 0.123 e. The van der Waals surface area contributed by atoms with Crippen molar-refractivity contribution >= 4 is 0 Å². The Hall–Kier alpha value is -0.850. The van der Waals surface area contributed by atoms with Crippen LogP contribution in [0.5, 0.6) is 0 Å². The van der Waals surface area contributed by atoms with Gasteiger partial charge in [0.1, 0.15) is 5.82 Å². The summed E-state index contributed by atoms with van der Waals surface area (Å²) in [6.07, 6.45) is 3.54. The molecule has 1 unspecified atom stereocenters. The molecule has 0 bridgehead atoms. The van der Waals surface area contributed by atoms with Gasteiger partial charge < -0.3 is 0 Å². The van der Waals surface area contributed by atoms with Crippen LogP contribution in [0.2, 0.25) is 0 Å². The molecule has 0 saturated heterocycles. The second kappa shape index (κ2) is 8.46. The average Bonchev–Trinajstić information content (AvgIpc) is 2.25. The van der Waals surface area contributed by atoms with Gasteiger partial charge in [-0.15, -0.1) is 0 Å². The summed E-state index contributed by atoms with van der Waals surface area (Å²) in [7, 11) is 0. The maximum atomic E-state index is 12.6. The highest BCUT2D eigenvalue weighted by Gasteiger charge is 2.02. The zero-order valence-electron chi connectivity index (χ0n) is 10.4. The highest BCUT2D eigenvalue weighted by atomic mass is 19.1. The maximum Gasteiger partial charge on any atom is 0.123 e. The molecule has 0 heterocycles. The van der Waals surface area contributed by atoms with Crippen LogP contribution in [-0.2, 0) is 6.42 Å². The van der Waals surface area contributed by atoms with E-state index in [0.717, 1.165) is 6.42 Å². The lowest BCUT2D eigenvalue weighted by Gasteiger charge is -2.09. The Bertz CT molecular complexity index is 238. The van der Waals surface area contributed by atoms with Crippen molar-refractivity contribution in [2.45, 2.75) is 47.0 Å². The van der Waals surface area contributed by atoms with Crippen LogP contribution in [0, 0.1) is 11.7 Å². The first-order valence-electron chi connectivity index (χ1n) is 5.96. The van der Waals surface area contributed by atoms with Gasteiger partial charge in [0, 0.05) is 0 Å². The number of hydrogen-bond acceptors (Lipinski definition) is 0. The summed E-state index contributed by atoms with van der Waals surface area (Å²) in [5.41, 5.74) is 1.24. The molecule has 0 saturated carbocycles. The molecule has 0 radical (unpaired) electrons. The fourth-order valence-corrected chi connectivity index (χ4v) is 1.62. The lowest BCUT2D eigenvalue weighted by atomic mass is 9.97. The van der Waals surface area contributed by atoms with Crippen LogP contribution in [0.25, 0.3) is 0 Å². The van der Waals surface area contributed by atoms with E-state index in [1.54, 1.807) is 0 Å². The Morgan fingerprint density at radius 1 is 1.13 bits per heavy atom. The SMILES string of the molecule is CC.CCCC(C)Cc1ccc(F)cc1. The van der Waals surface area contributed by atoms with E-state index < -0.39 is 0 Å². The molecule has 1 aromatic carbocycles. The fraction of sp³-hybridized carbons (Fsp3) is 0.571. The zero-order chi connectivity index (χ0) is 11.7. The molecule has 0 aromatic heterocycles. The van der Waals surface area contributed by atoms with E-state index >= 15 is 0 Å². The topological polar surface area (TPSA) is 0 Å². The van der Waals surface area contributed by atoms with Gasteiger partial charge in [-0.2, -0.15) is 0 Å². The third kappa shape index (κ3) is 6.27. The van der Waals surface area contributed by atoms with Gasteiger partial charge in [0.2, 0.25) is 0 Å². The standard InChI is InChI=1S/C12H17F.C2H6/c1-3-4-10(2)9-11-5-7-12(13)8-6-11;1-2/h5-8,10H,3-4,9H2,1-2H3;1-2H3. The minimum atomic E-state index is -0.146. The molecule has 15 heavy (non-hydrogen) atoms. The molecular formula is C14H23F. The van der Waals surface area contributed by atoms with Crippen molar-refractivity contribution < 1.29 is 4.39 Å². The molecule has 86 valence electrons. The summed E-state index contributed by atoms with van der Waals surface area (Å²) in [5, 5.41) is 0. The van der Waals surface area contributed by atoms with Crippen molar-refractivity contribution in [3.63, 3.8) is 0 Å². The average molecular weight is 210 g/mol. The summed E-state index contributed by atoms with van der Waals surface area (Å²) in [6, 6.07) is 6.82. The second-order valence-electron chi connectivity index (χ2n) is 3.72. The zero-order valence-corrected chi connectivity index (χ0v) is 10.4. The summed E-state index contributed by atoms with van der Waals surface area (Å²) >= 11 is 0. The van der Waals surface area contributed by atoms with Crippen molar-refractivity contribution in [2.75, 3.05) is 0 Å². The first-order valence-corrected chi connectivity index (χ1v) is 5.96. The molecule has 0 aliphatic rings. The molecule has 0 nitrogen and oxygen atoms in total. The van der Waals surface area contributed by atoms with Gasteiger partial charge in [-0.25, -0.2) is 4.39 Å². The Morgan fingerprint density at radius 3 is 2.13 bits per heavy atom. The largest absolute Gasteiger partial charge is 0.207 e. The van der Waals surface area contributed by atoms with Crippen molar-refractivity contribution in [2.24, 2.45) is 5.92 Å². The minimum Gasteiger partial charge on any atom is -0.207 e. The molecule has 0 amide bonds. The van der Waals surface area contributed by atoms with Gasteiger partial charge in [-0.05, 0) is 30.0 Å². The van der Waals surface area contributed by atoms with Gasteiger partial charge in [0.25, 0.3) is 0 Å². The third-order valence-corrected chi connectivity index (χ3v) is 2.28. The molecular weight excluding hydrogens is 187 g/mol. The normalized spacial score (nSPS) is 11.5. The van der Waals surface area contributed by atoms with E-state index in [1.807, 2.05) is 26.0 Å². The Balaban J connectivity index is 0.000000921.